The van der Waals surface area contributed by atoms with Gasteiger partial charge in [-0.25, -0.2) is 0 Å². The van der Waals surface area contributed by atoms with E-state index < -0.39 is 0 Å². The lowest BCUT2D eigenvalue weighted by atomic mass is 9.70. The number of fused-ring (bicyclic) bond motifs is 2. The van der Waals surface area contributed by atoms with E-state index in [1.54, 1.807) is 0 Å². The minimum Gasteiger partial charge on any atom is -0.391 e. The minimum absolute atomic E-state index is 0.104. The first kappa shape index (κ1) is 13.4. The van der Waals surface area contributed by atoms with Gasteiger partial charge < -0.3 is 10.4 Å². The number of aliphatic hydroxyl groups excluding tert-OH is 1. The van der Waals surface area contributed by atoms with Gasteiger partial charge in [-0.05, 0) is 29.6 Å². The molecule has 0 aromatic rings. The molecule has 4 atom stereocenters. The molecule has 0 spiro atoms. The summed E-state index contributed by atoms with van der Waals surface area (Å²) in [5.41, 5.74) is 0.655. The van der Waals surface area contributed by atoms with Crippen LogP contribution in [0, 0.1) is 22.2 Å². The molecule has 0 saturated heterocycles. The van der Waals surface area contributed by atoms with Crippen LogP contribution in [0.4, 0.5) is 0 Å². The SMILES string of the molecule is CC(C)(C)CN[C@@H]1[C@H]2CC[C@@](C)([C@@H]1O)C2(C)C. The molecule has 2 nitrogen and oxygen atoms in total. The summed E-state index contributed by atoms with van der Waals surface area (Å²) >= 11 is 0. The van der Waals surface area contributed by atoms with Gasteiger partial charge in [-0.2, -0.15) is 0 Å². The van der Waals surface area contributed by atoms with E-state index in [9.17, 15) is 5.11 Å². The maximum absolute atomic E-state index is 10.6. The Morgan fingerprint density at radius 1 is 1.24 bits per heavy atom. The summed E-state index contributed by atoms with van der Waals surface area (Å²) in [6.45, 7) is 14.7. The molecule has 2 heteroatoms. The molecule has 0 unspecified atom stereocenters. The zero-order chi connectivity index (χ0) is 13.1. The van der Waals surface area contributed by atoms with Crippen molar-refractivity contribution in [3.8, 4) is 0 Å². The molecule has 2 fully saturated rings. The summed E-state index contributed by atoms with van der Waals surface area (Å²) < 4.78 is 0. The van der Waals surface area contributed by atoms with Crippen molar-refractivity contribution >= 4 is 0 Å². The van der Waals surface area contributed by atoms with Crippen LogP contribution in [0.5, 0.6) is 0 Å². The second kappa shape index (κ2) is 3.71. The van der Waals surface area contributed by atoms with Crippen LogP contribution in [0.2, 0.25) is 0 Å². The first-order valence-electron chi connectivity index (χ1n) is 7.01. The van der Waals surface area contributed by atoms with Gasteiger partial charge in [0.25, 0.3) is 0 Å². The number of hydrogen-bond acceptors (Lipinski definition) is 2. The van der Waals surface area contributed by atoms with Gasteiger partial charge >= 0.3 is 0 Å². The zero-order valence-corrected chi connectivity index (χ0v) is 12.3. The Balaban J connectivity index is 2.12. The van der Waals surface area contributed by atoms with Crippen LogP contribution in [0.15, 0.2) is 0 Å². The van der Waals surface area contributed by atoms with Gasteiger partial charge in [0.05, 0.1) is 6.10 Å². The van der Waals surface area contributed by atoms with E-state index in [-0.39, 0.29) is 22.3 Å². The summed E-state index contributed by atoms with van der Waals surface area (Å²) in [6.07, 6.45) is 2.26. The van der Waals surface area contributed by atoms with Crippen molar-refractivity contribution in [2.24, 2.45) is 22.2 Å². The predicted molar refractivity (Wildman–Crippen MR) is 71.9 cm³/mol. The second-order valence-corrected chi connectivity index (χ2v) is 8.20. The van der Waals surface area contributed by atoms with Crippen molar-refractivity contribution < 1.29 is 5.11 Å². The van der Waals surface area contributed by atoms with Gasteiger partial charge in [0.2, 0.25) is 0 Å². The van der Waals surface area contributed by atoms with E-state index in [0.717, 1.165) is 6.54 Å². The summed E-state index contributed by atoms with van der Waals surface area (Å²) in [5, 5.41) is 14.2. The Morgan fingerprint density at radius 2 is 1.82 bits per heavy atom. The Morgan fingerprint density at radius 3 is 2.24 bits per heavy atom. The summed E-state index contributed by atoms with van der Waals surface area (Å²) in [7, 11) is 0. The Labute approximate surface area is 106 Å². The smallest absolute Gasteiger partial charge is 0.0754 e. The number of hydrogen-bond donors (Lipinski definition) is 2. The molecule has 17 heavy (non-hydrogen) atoms. The van der Waals surface area contributed by atoms with Crippen LogP contribution in [0.25, 0.3) is 0 Å². The maximum atomic E-state index is 10.6. The van der Waals surface area contributed by atoms with Crippen LogP contribution in [0.1, 0.15) is 54.4 Å². The van der Waals surface area contributed by atoms with Gasteiger partial charge in [-0.1, -0.05) is 41.5 Å². The Hall–Kier alpha value is -0.0800. The highest BCUT2D eigenvalue weighted by atomic mass is 16.3. The average Bonchev–Trinajstić information content (AvgIpc) is 2.46. The molecular weight excluding hydrogens is 210 g/mol. The molecule has 2 aliphatic rings. The molecular formula is C15H29NO. The maximum Gasteiger partial charge on any atom is 0.0754 e. The molecule has 0 aromatic carbocycles. The van der Waals surface area contributed by atoms with E-state index in [4.69, 9.17) is 0 Å². The second-order valence-electron chi connectivity index (χ2n) is 8.20. The fraction of sp³-hybridized carbons (Fsp3) is 1.00. The lowest BCUT2D eigenvalue weighted by molar-refractivity contribution is -0.00103. The van der Waals surface area contributed by atoms with E-state index in [2.05, 4.69) is 46.9 Å². The van der Waals surface area contributed by atoms with Gasteiger partial charge in [-0.3, -0.25) is 0 Å². The zero-order valence-electron chi connectivity index (χ0n) is 12.3. The van der Waals surface area contributed by atoms with Crippen LogP contribution < -0.4 is 5.32 Å². The largest absolute Gasteiger partial charge is 0.391 e. The molecule has 2 saturated carbocycles. The third kappa shape index (κ3) is 1.84. The summed E-state index contributed by atoms with van der Waals surface area (Å²) in [6, 6.07) is 0.294. The molecule has 2 rings (SSSR count). The van der Waals surface area contributed by atoms with E-state index in [0.29, 0.717) is 12.0 Å². The fourth-order valence-electron chi connectivity index (χ4n) is 4.01. The normalized spacial score (nSPS) is 44.3. The first-order chi connectivity index (χ1) is 7.59. The van der Waals surface area contributed by atoms with E-state index in [1.807, 2.05) is 0 Å². The molecule has 0 aliphatic heterocycles. The lowest BCUT2D eigenvalue weighted by Gasteiger charge is -2.37. The summed E-state index contributed by atoms with van der Waals surface area (Å²) in [4.78, 5) is 0. The average molecular weight is 239 g/mol. The molecule has 0 heterocycles. The van der Waals surface area contributed by atoms with Crippen LogP contribution >= 0.6 is 0 Å². The molecule has 0 aromatic heterocycles. The highest BCUT2D eigenvalue weighted by Crippen LogP contribution is 2.65. The topological polar surface area (TPSA) is 32.3 Å². The van der Waals surface area contributed by atoms with Gasteiger partial charge in [0.15, 0.2) is 0 Å². The van der Waals surface area contributed by atoms with Crippen LogP contribution in [-0.4, -0.2) is 23.8 Å². The third-order valence-corrected chi connectivity index (χ3v) is 5.67. The van der Waals surface area contributed by atoms with E-state index >= 15 is 0 Å². The van der Waals surface area contributed by atoms with Crippen molar-refractivity contribution in [3.63, 3.8) is 0 Å². The van der Waals surface area contributed by atoms with Crippen molar-refractivity contribution in [3.05, 3.63) is 0 Å². The van der Waals surface area contributed by atoms with Crippen molar-refractivity contribution in [1.29, 1.82) is 0 Å². The number of rotatable bonds is 2. The van der Waals surface area contributed by atoms with Crippen LogP contribution in [0.3, 0.4) is 0 Å². The number of aliphatic hydroxyl groups is 1. The molecule has 0 amide bonds. The highest BCUT2D eigenvalue weighted by molar-refractivity contribution is 5.17. The highest BCUT2D eigenvalue weighted by Gasteiger charge is 2.65. The van der Waals surface area contributed by atoms with Crippen molar-refractivity contribution in [2.45, 2.75) is 66.5 Å². The monoisotopic (exact) mass is 239 g/mol. The lowest BCUT2D eigenvalue weighted by Crippen LogP contribution is -2.49. The van der Waals surface area contributed by atoms with Gasteiger partial charge in [0, 0.05) is 18.0 Å². The Kier molecular flexibility index (Phi) is 2.91. The standard InChI is InChI=1S/C15H29NO/c1-13(2,3)9-16-11-10-7-8-15(6,12(11)17)14(10,4)5/h10-12,16-17H,7-9H2,1-6H3/t10-,11-,12-,15+/m1/s1. The summed E-state index contributed by atoms with van der Waals surface area (Å²) in [5.74, 6) is 0.629. The molecule has 2 bridgehead atoms. The van der Waals surface area contributed by atoms with Gasteiger partial charge in [-0.15, -0.1) is 0 Å². The fourth-order valence-corrected chi connectivity index (χ4v) is 4.01. The molecule has 2 N–H and O–H groups in total. The van der Waals surface area contributed by atoms with E-state index in [1.165, 1.54) is 12.8 Å². The Bertz CT molecular complexity index is 305. The molecule has 100 valence electrons. The van der Waals surface area contributed by atoms with Crippen molar-refractivity contribution in [1.82, 2.24) is 5.32 Å². The van der Waals surface area contributed by atoms with Gasteiger partial charge in [0.1, 0.15) is 0 Å². The minimum atomic E-state index is -0.182. The molecule has 0 radical (unpaired) electrons. The number of nitrogens with one attached hydrogen (secondary N) is 1. The quantitative estimate of drug-likeness (QED) is 0.776. The van der Waals surface area contributed by atoms with Crippen LogP contribution in [-0.2, 0) is 0 Å². The third-order valence-electron chi connectivity index (χ3n) is 5.67. The predicted octanol–water partition coefficient (Wildman–Crippen LogP) is 2.81. The first-order valence-corrected chi connectivity index (χ1v) is 7.01. The van der Waals surface area contributed by atoms with Crippen molar-refractivity contribution in [2.75, 3.05) is 6.54 Å². The molecule has 2 aliphatic carbocycles.